The van der Waals surface area contributed by atoms with E-state index in [-0.39, 0.29) is 12.2 Å². The molecule has 2 heterocycles. The molecule has 10 nitrogen and oxygen atoms in total. The molecule has 0 aromatic carbocycles. The maximum Gasteiger partial charge on any atom is 0.335 e. The Labute approximate surface area is 148 Å². The van der Waals surface area contributed by atoms with Crippen LogP contribution in [0.2, 0.25) is 0 Å². The van der Waals surface area contributed by atoms with Crippen LogP contribution in [0.3, 0.4) is 0 Å². The third-order valence-corrected chi connectivity index (χ3v) is 5.06. The minimum atomic E-state index is -1.61. The minimum absolute atomic E-state index is 0.0448. The number of carbonyl (C=O) groups is 1. The van der Waals surface area contributed by atoms with Crippen molar-refractivity contribution < 1.29 is 49.6 Å². The SMILES string of the molecule is O=C(O)C1=COC(OC2OC(CO)C(O)C(O)C2O)[C@@H]2C(CO)=CC[C@H]12. The predicted molar refractivity (Wildman–Crippen MR) is 82.2 cm³/mol. The van der Waals surface area contributed by atoms with E-state index >= 15 is 0 Å². The Morgan fingerprint density at radius 2 is 1.88 bits per heavy atom. The van der Waals surface area contributed by atoms with Crippen molar-refractivity contribution in [3.63, 3.8) is 0 Å². The number of hydrogen-bond acceptors (Lipinski definition) is 9. The molecule has 3 rings (SSSR count). The second-order valence-corrected chi connectivity index (χ2v) is 6.52. The first-order chi connectivity index (χ1) is 12.4. The van der Waals surface area contributed by atoms with Gasteiger partial charge in [-0.25, -0.2) is 4.79 Å². The number of ether oxygens (including phenoxy) is 3. The van der Waals surface area contributed by atoms with Crippen molar-refractivity contribution in [3.05, 3.63) is 23.5 Å². The molecule has 1 saturated heterocycles. The molecule has 0 spiro atoms. The third-order valence-electron chi connectivity index (χ3n) is 5.06. The van der Waals surface area contributed by atoms with Crippen molar-refractivity contribution in [2.75, 3.05) is 13.2 Å². The Bertz CT molecular complexity index is 600. The summed E-state index contributed by atoms with van der Waals surface area (Å²) in [6.07, 6.45) is -5.21. The number of carboxylic acids is 1. The van der Waals surface area contributed by atoms with Crippen LogP contribution in [-0.2, 0) is 19.0 Å². The number of hydrogen-bond donors (Lipinski definition) is 6. The van der Waals surface area contributed by atoms with Gasteiger partial charge in [0.2, 0.25) is 6.29 Å². The average Bonchev–Trinajstić information content (AvgIpc) is 3.06. The van der Waals surface area contributed by atoms with E-state index in [1.807, 2.05) is 0 Å². The zero-order valence-electron chi connectivity index (χ0n) is 13.7. The maximum absolute atomic E-state index is 11.4. The summed E-state index contributed by atoms with van der Waals surface area (Å²) < 4.78 is 16.3. The van der Waals surface area contributed by atoms with Crippen LogP contribution in [0.1, 0.15) is 6.42 Å². The standard InChI is InChI=1S/C16H22O10/c17-3-6-1-2-7-8(14(22)23)5-24-15(10(6)7)26-16-13(21)12(20)11(19)9(4-18)25-16/h1,5,7,9-13,15-21H,2-4H2,(H,22,23)/t7-,9?,10-,11?,12?,13?,15?,16?/m1/s1. The molecule has 3 aliphatic rings. The van der Waals surface area contributed by atoms with Gasteiger partial charge in [-0.05, 0) is 12.0 Å². The van der Waals surface area contributed by atoms with E-state index in [2.05, 4.69) is 0 Å². The van der Waals surface area contributed by atoms with E-state index in [0.717, 1.165) is 6.26 Å². The summed E-state index contributed by atoms with van der Waals surface area (Å²) >= 11 is 0. The van der Waals surface area contributed by atoms with Gasteiger partial charge >= 0.3 is 5.97 Å². The third kappa shape index (κ3) is 3.25. The molecule has 6 N–H and O–H groups in total. The number of rotatable bonds is 5. The molecular formula is C16H22O10. The number of fused-ring (bicyclic) bond motifs is 1. The molecule has 0 saturated carbocycles. The fourth-order valence-corrected chi connectivity index (χ4v) is 3.62. The van der Waals surface area contributed by atoms with E-state index in [1.54, 1.807) is 6.08 Å². The highest BCUT2D eigenvalue weighted by molar-refractivity contribution is 5.87. The normalized spacial score (nSPS) is 42.5. The lowest BCUT2D eigenvalue weighted by atomic mass is 9.83. The Hall–Kier alpha value is -1.53. The van der Waals surface area contributed by atoms with Crippen molar-refractivity contribution in [2.45, 2.75) is 43.4 Å². The topological polar surface area (TPSA) is 166 Å². The fraction of sp³-hybridized carbons (Fsp3) is 0.688. The summed E-state index contributed by atoms with van der Waals surface area (Å²) in [7, 11) is 0. The van der Waals surface area contributed by atoms with Gasteiger partial charge in [-0.15, -0.1) is 0 Å². The summed E-state index contributed by atoms with van der Waals surface area (Å²) in [6, 6.07) is 0. The molecule has 0 aromatic heterocycles. The van der Waals surface area contributed by atoms with Crippen LogP contribution in [0.4, 0.5) is 0 Å². The number of aliphatic hydroxyl groups is 5. The highest BCUT2D eigenvalue weighted by atomic mass is 16.8. The van der Waals surface area contributed by atoms with Crippen LogP contribution in [0.25, 0.3) is 0 Å². The van der Waals surface area contributed by atoms with Gasteiger partial charge in [-0.3, -0.25) is 0 Å². The first-order valence-electron chi connectivity index (χ1n) is 8.23. The number of aliphatic carboxylic acids is 1. The highest BCUT2D eigenvalue weighted by Crippen LogP contribution is 2.44. The predicted octanol–water partition coefficient (Wildman–Crippen LogP) is -2.32. The monoisotopic (exact) mass is 374 g/mol. The summed E-state index contributed by atoms with van der Waals surface area (Å²) in [6.45, 7) is -0.917. The van der Waals surface area contributed by atoms with Crippen LogP contribution < -0.4 is 0 Å². The molecule has 1 fully saturated rings. The largest absolute Gasteiger partial charge is 0.478 e. The number of carboxylic acid groups (broad SMARTS) is 1. The molecule has 146 valence electrons. The molecular weight excluding hydrogens is 352 g/mol. The van der Waals surface area contributed by atoms with E-state index in [0.29, 0.717) is 12.0 Å². The van der Waals surface area contributed by atoms with Crippen molar-refractivity contribution in [3.8, 4) is 0 Å². The maximum atomic E-state index is 11.4. The first-order valence-corrected chi connectivity index (χ1v) is 8.23. The Morgan fingerprint density at radius 1 is 1.15 bits per heavy atom. The molecule has 0 amide bonds. The molecule has 26 heavy (non-hydrogen) atoms. The van der Waals surface area contributed by atoms with E-state index in [1.165, 1.54) is 0 Å². The van der Waals surface area contributed by atoms with Gasteiger partial charge in [0.25, 0.3) is 0 Å². The van der Waals surface area contributed by atoms with Crippen LogP contribution >= 0.6 is 0 Å². The summed E-state index contributed by atoms with van der Waals surface area (Å²) in [5, 5.41) is 57.8. The van der Waals surface area contributed by atoms with Gasteiger partial charge in [-0.2, -0.15) is 0 Å². The quantitative estimate of drug-likeness (QED) is 0.288. The minimum Gasteiger partial charge on any atom is -0.478 e. The average molecular weight is 374 g/mol. The molecule has 0 bridgehead atoms. The lowest BCUT2D eigenvalue weighted by molar-refractivity contribution is -0.339. The van der Waals surface area contributed by atoms with Crippen molar-refractivity contribution in [2.24, 2.45) is 11.8 Å². The zero-order valence-corrected chi connectivity index (χ0v) is 13.7. The molecule has 0 aromatic rings. The molecule has 1 aliphatic carbocycles. The second-order valence-electron chi connectivity index (χ2n) is 6.52. The molecule has 6 unspecified atom stereocenters. The zero-order chi connectivity index (χ0) is 19.0. The lowest BCUT2D eigenvalue weighted by Crippen LogP contribution is -2.60. The van der Waals surface area contributed by atoms with E-state index in [9.17, 15) is 35.4 Å². The van der Waals surface area contributed by atoms with Crippen molar-refractivity contribution in [1.29, 1.82) is 0 Å². The summed E-state index contributed by atoms with van der Waals surface area (Å²) in [5.74, 6) is -2.22. The lowest BCUT2D eigenvalue weighted by Gasteiger charge is -2.42. The Morgan fingerprint density at radius 3 is 2.50 bits per heavy atom. The molecule has 2 aliphatic heterocycles. The van der Waals surface area contributed by atoms with Gasteiger partial charge < -0.3 is 44.8 Å². The number of aliphatic hydroxyl groups excluding tert-OH is 5. The molecule has 10 heteroatoms. The fourth-order valence-electron chi connectivity index (χ4n) is 3.62. The first kappa shape index (κ1) is 19.2. The highest BCUT2D eigenvalue weighted by Gasteiger charge is 2.49. The van der Waals surface area contributed by atoms with Crippen LogP contribution in [0, 0.1) is 11.8 Å². The van der Waals surface area contributed by atoms with Crippen molar-refractivity contribution >= 4 is 5.97 Å². The molecule has 8 atom stereocenters. The van der Waals surface area contributed by atoms with Crippen LogP contribution in [0.15, 0.2) is 23.5 Å². The Kier molecular flexibility index (Phi) is 5.63. The van der Waals surface area contributed by atoms with Gasteiger partial charge in [0.1, 0.15) is 24.4 Å². The van der Waals surface area contributed by atoms with Gasteiger partial charge in [0, 0.05) is 5.92 Å². The van der Waals surface area contributed by atoms with Crippen molar-refractivity contribution in [1.82, 2.24) is 0 Å². The van der Waals surface area contributed by atoms with Gasteiger partial charge in [-0.1, -0.05) is 6.08 Å². The van der Waals surface area contributed by atoms with Gasteiger partial charge in [0.05, 0.1) is 31.0 Å². The van der Waals surface area contributed by atoms with E-state index < -0.39 is 61.4 Å². The number of allylic oxidation sites excluding steroid dienone is 1. The van der Waals surface area contributed by atoms with Crippen LogP contribution in [-0.4, -0.2) is 86.8 Å². The van der Waals surface area contributed by atoms with Crippen LogP contribution in [0.5, 0.6) is 0 Å². The van der Waals surface area contributed by atoms with E-state index in [4.69, 9.17) is 14.2 Å². The summed E-state index contributed by atoms with van der Waals surface area (Å²) in [4.78, 5) is 11.4. The molecule has 0 radical (unpaired) electrons. The second kappa shape index (κ2) is 7.61. The Balaban J connectivity index is 1.80. The van der Waals surface area contributed by atoms with Gasteiger partial charge in [0.15, 0.2) is 6.29 Å². The smallest absolute Gasteiger partial charge is 0.335 e. The summed E-state index contributed by atoms with van der Waals surface area (Å²) in [5.41, 5.74) is 0.583.